The molecule has 0 amide bonds. The lowest BCUT2D eigenvalue weighted by Gasteiger charge is -2.33. The normalized spacial score (nSPS) is 22.4. The summed E-state index contributed by atoms with van der Waals surface area (Å²) in [6, 6.07) is 2.52. The van der Waals surface area contributed by atoms with Crippen molar-refractivity contribution in [1.29, 1.82) is 0 Å². The van der Waals surface area contributed by atoms with E-state index >= 15 is 0 Å². The number of methoxy groups -OCH3 is 1. The summed E-state index contributed by atoms with van der Waals surface area (Å²) < 4.78 is 5.10. The van der Waals surface area contributed by atoms with E-state index in [1.54, 1.807) is 7.11 Å². The summed E-state index contributed by atoms with van der Waals surface area (Å²) in [4.78, 5) is 8.86. The third-order valence-electron chi connectivity index (χ3n) is 3.13. The van der Waals surface area contributed by atoms with Gasteiger partial charge in [0, 0.05) is 25.8 Å². The molecule has 0 bridgehead atoms. The van der Waals surface area contributed by atoms with Crippen LogP contribution in [0.3, 0.4) is 0 Å². The van der Waals surface area contributed by atoms with E-state index < -0.39 is 0 Å². The van der Waals surface area contributed by atoms with Crippen LogP contribution < -0.4 is 10.6 Å². The summed E-state index contributed by atoms with van der Waals surface area (Å²) in [6.45, 7) is 5.62. The predicted octanol–water partition coefficient (Wildman–Crippen LogP) is 2.27. The van der Waals surface area contributed by atoms with Gasteiger partial charge in [-0.05, 0) is 25.7 Å². The molecule has 0 atom stereocenters. The Balaban J connectivity index is 2.06. The van der Waals surface area contributed by atoms with Gasteiger partial charge in [-0.3, -0.25) is 0 Å². The molecule has 5 heteroatoms. The minimum absolute atomic E-state index is 0.439. The van der Waals surface area contributed by atoms with Crippen LogP contribution in [0.5, 0.6) is 0 Å². The summed E-state index contributed by atoms with van der Waals surface area (Å²) in [6.07, 6.45) is 2.44. The van der Waals surface area contributed by atoms with Crippen molar-refractivity contribution in [2.24, 2.45) is 5.92 Å². The monoisotopic (exact) mass is 250 g/mol. The minimum atomic E-state index is 0.439. The highest BCUT2D eigenvalue weighted by Gasteiger charge is 2.25. The first-order valence-electron chi connectivity index (χ1n) is 6.58. The lowest BCUT2D eigenvalue weighted by molar-refractivity contribution is 0.178. The average molecular weight is 250 g/mol. The molecule has 1 heterocycles. The Bertz CT molecular complexity index is 366. The molecular weight excluding hydrogens is 228 g/mol. The number of hydrogen-bond acceptors (Lipinski definition) is 5. The average Bonchev–Trinajstić information content (AvgIpc) is 2.27. The third kappa shape index (κ3) is 3.32. The van der Waals surface area contributed by atoms with Crippen LogP contribution >= 0.6 is 0 Å². The molecule has 1 fully saturated rings. The summed E-state index contributed by atoms with van der Waals surface area (Å²) in [5, 5.41) is 6.68. The SMILES string of the molecule is CCNc1cc(NC2CC(C)C2)nc(COC)n1. The highest BCUT2D eigenvalue weighted by Crippen LogP contribution is 2.29. The van der Waals surface area contributed by atoms with E-state index in [2.05, 4.69) is 34.4 Å². The van der Waals surface area contributed by atoms with E-state index in [-0.39, 0.29) is 0 Å². The lowest BCUT2D eigenvalue weighted by atomic mass is 9.82. The van der Waals surface area contributed by atoms with Gasteiger partial charge in [-0.25, -0.2) is 9.97 Å². The molecule has 2 rings (SSSR count). The van der Waals surface area contributed by atoms with Gasteiger partial charge in [0.25, 0.3) is 0 Å². The minimum Gasteiger partial charge on any atom is -0.377 e. The fourth-order valence-corrected chi connectivity index (χ4v) is 2.27. The smallest absolute Gasteiger partial charge is 0.158 e. The van der Waals surface area contributed by atoms with Crippen molar-refractivity contribution < 1.29 is 4.74 Å². The second kappa shape index (κ2) is 6.00. The fraction of sp³-hybridized carbons (Fsp3) is 0.692. The molecule has 0 aromatic carbocycles. The van der Waals surface area contributed by atoms with Crippen molar-refractivity contribution in [3.63, 3.8) is 0 Å². The van der Waals surface area contributed by atoms with E-state index in [9.17, 15) is 0 Å². The molecule has 1 aliphatic carbocycles. The standard InChI is InChI=1S/C13H22N4O/c1-4-14-11-7-12(15-10-5-9(2)6-10)17-13(16-11)8-18-3/h7,9-10H,4-6,8H2,1-3H3,(H2,14,15,16,17). The molecule has 5 nitrogen and oxygen atoms in total. The Labute approximate surface area is 108 Å². The van der Waals surface area contributed by atoms with Gasteiger partial charge in [0.2, 0.25) is 0 Å². The Morgan fingerprint density at radius 1 is 1.33 bits per heavy atom. The molecule has 0 unspecified atom stereocenters. The largest absolute Gasteiger partial charge is 0.377 e. The van der Waals surface area contributed by atoms with Gasteiger partial charge in [0.05, 0.1) is 0 Å². The molecule has 18 heavy (non-hydrogen) atoms. The first-order chi connectivity index (χ1) is 8.71. The molecule has 1 saturated carbocycles. The molecular formula is C13H22N4O. The number of nitrogens with one attached hydrogen (secondary N) is 2. The maximum absolute atomic E-state index is 5.10. The topological polar surface area (TPSA) is 59.1 Å². The van der Waals surface area contributed by atoms with Crippen molar-refractivity contribution in [3.05, 3.63) is 11.9 Å². The second-order valence-electron chi connectivity index (χ2n) is 4.94. The fourth-order valence-electron chi connectivity index (χ4n) is 2.27. The Morgan fingerprint density at radius 2 is 2.06 bits per heavy atom. The molecule has 2 N–H and O–H groups in total. The Kier molecular flexibility index (Phi) is 4.36. The van der Waals surface area contributed by atoms with Gasteiger partial charge in [-0.15, -0.1) is 0 Å². The zero-order chi connectivity index (χ0) is 13.0. The van der Waals surface area contributed by atoms with Crippen LogP contribution in [0.2, 0.25) is 0 Å². The van der Waals surface area contributed by atoms with E-state index in [4.69, 9.17) is 4.74 Å². The molecule has 1 aromatic rings. The van der Waals surface area contributed by atoms with E-state index in [1.165, 1.54) is 12.8 Å². The molecule has 0 spiro atoms. The molecule has 1 aliphatic rings. The number of hydrogen-bond donors (Lipinski definition) is 2. The highest BCUT2D eigenvalue weighted by atomic mass is 16.5. The van der Waals surface area contributed by atoms with Gasteiger partial charge in [0.15, 0.2) is 5.82 Å². The first-order valence-corrected chi connectivity index (χ1v) is 6.58. The van der Waals surface area contributed by atoms with Crippen LogP contribution in [-0.2, 0) is 11.3 Å². The van der Waals surface area contributed by atoms with Gasteiger partial charge >= 0.3 is 0 Å². The first kappa shape index (κ1) is 13.1. The molecule has 1 aromatic heterocycles. The van der Waals surface area contributed by atoms with Crippen LogP contribution in [-0.4, -0.2) is 29.7 Å². The van der Waals surface area contributed by atoms with Gasteiger partial charge in [-0.1, -0.05) is 6.92 Å². The maximum Gasteiger partial charge on any atom is 0.158 e. The third-order valence-corrected chi connectivity index (χ3v) is 3.13. The van der Waals surface area contributed by atoms with Gasteiger partial charge in [0.1, 0.15) is 18.2 Å². The number of aromatic nitrogens is 2. The number of nitrogens with zero attached hydrogens (tertiary/aromatic N) is 2. The van der Waals surface area contributed by atoms with Gasteiger partial charge < -0.3 is 15.4 Å². The second-order valence-corrected chi connectivity index (χ2v) is 4.94. The van der Waals surface area contributed by atoms with E-state index in [0.29, 0.717) is 18.5 Å². The number of ether oxygens (including phenoxy) is 1. The van der Waals surface area contributed by atoms with Gasteiger partial charge in [-0.2, -0.15) is 0 Å². The van der Waals surface area contributed by atoms with Crippen molar-refractivity contribution >= 4 is 11.6 Å². The molecule has 100 valence electrons. The quantitative estimate of drug-likeness (QED) is 0.811. The van der Waals surface area contributed by atoms with Crippen molar-refractivity contribution in [1.82, 2.24) is 9.97 Å². The van der Waals surface area contributed by atoms with Crippen molar-refractivity contribution in [2.75, 3.05) is 24.3 Å². The highest BCUT2D eigenvalue weighted by molar-refractivity contribution is 5.48. The summed E-state index contributed by atoms with van der Waals surface area (Å²) in [7, 11) is 1.66. The van der Waals surface area contributed by atoms with Crippen molar-refractivity contribution in [3.8, 4) is 0 Å². The Hall–Kier alpha value is -1.36. The van der Waals surface area contributed by atoms with Crippen LogP contribution in [0.25, 0.3) is 0 Å². The van der Waals surface area contributed by atoms with Crippen molar-refractivity contribution in [2.45, 2.75) is 39.3 Å². The van der Waals surface area contributed by atoms with Crippen LogP contribution in [0.1, 0.15) is 32.5 Å². The number of rotatable bonds is 6. The van der Waals surface area contributed by atoms with E-state index in [0.717, 1.165) is 24.1 Å². The predicted molar refractivity (Wildman–Crippen MR) is 72.7 cm³/mol. The van der Waals surface area contributed by atoms with Crippen LogP contribution in [0, 0.1) is 5.92 Å². The summed E-state index contributed by atoms with van der Waals surface area (Å²) >= 11 is 0. The zero-order valence-corrected chi connectivity index (χ0v) is 11.4. The van der Waals surface area contributed by atoms with E-state index in [1.807, 2.05) is 6.07 Å². The summed E-state index contributed by atoms with van der Waals surface area (Å²) in [5.74, 6) is 3.29. The molecule has 0 saturated heterocycles. The number of anilines is 2. The Morgan fingerprint density at radius 3 is 2.67 bits per heavy atom. The van der Waals surface area contributed by atoms with Crippen LogP contribution in [0.4, 0.5) is 11.6 Å². The summed E-state index contributed by atoms with van der Waals surface area (Å²) in [5.41, 5.74) is 0. The maximum atomic E-state index is 5.10. The van der Waals surface area contributed by atoms with Crippen LogP contribution in [0.15, 0.2) is 6.07 Å². The molecule has 0 aliphatic heterocycles. The molecule has 0 radical (unpaired) electrons. The lowest BCUT2D eigenvalue weighted by Crippen LogP contribution is -2.34. The zero-order valence-electron chi connectivity index (χ0n) is 11.4.